The van der Waals surface area contributed by atoms with Gasteiger partial charge >= 0.3 is 6.09 Å². The molecular formula is C24H26N4O2S. The zero-order valence-corrected chi connectivity index (χ0v) is 18.3. The molecule has 1 saturated carbocycles. The van der Waals surface area contributed by atoms with E-state index < -0.39 is 6.09 Å². The van der Waals surface area contributed by atoms with Crippen LogP contribution in [0.4, 0.5) is 4.79 Å². The zero-order chi connectivity index (χ0) is 21.4. The number of alkyl carbamates (subject to hydrolysis) is 1. The highest BCUT2D eigenvalue weighted by molar-refractivity contribution is 7.80. The summed E-state index contributed by atoms with van der Waals surface area (Å²) in [5.41, 5.74) is 5.57. The first kappa shape index (κ1) is 20.1. The van der Waals surface area contributed by atoms with Crippen molar-refractivity contribution >= 4 is 18.7 Å². The summed E-state index contributed by atoms with van der Waals surface area (Å²) in [6, 6.07) is 16.7. The van der Waals surface area contributed by atoms with E-state index in [1.807, 2.05) is 42.1 Å². The Kier molecular flexibility index (Phi) is 5.44. The van der Waals surface area contributed by atoms with Crippen LogP contribution in [0.25, 0.3) is 11.1 Å². The van der Waals surface area contributed by atoms with Crippen LogP contribution in [0.15, 0.2) is 54.7 Å². The molecule has 3 aromatic rings. The largest absolute Gasteiger partial charge is 0.449 e. The first-order valence-electron chi connectivity index (χ1n) is 10.8. The third-order valence-electron chi connectivity index (χ3n) is 6.49. The highest BCUT2D eigenvalue weighted by Gasteiger charge is 2.31. The number of nitrogens with zero attached hydrogens (tertiary/aromatic N) is 3. The van der Waals surface area contributed by atoms with Crippen LogP contribution < -0.4 is 5.32 Å². The van der Waals surface area contributed by atoms with Crippen LogP contribution >= 0.6 is 12.6 Å². The Bertz CT molecular complexity index is 1050. The van der Waals surface area contributed by atoms with E-state index in [-0.39, 0.29) is 12.0 Å². The van der Waals surface area contributed by atoms with Gasteiger partial charge in [-0.05, 0) is 53.7 Å². The van der Waals surface area contributed by atoms with Crippen molar-refractivity contribution in [3.8, 4) is 11.1 Å². The molecule has 160 valence electrons. The van der Waals surface area contributed by atoms with E-state index in [0.717, 1.165) is 24.3 Å². The van der Waals surface area contributed by atoms with Gasteiger partial charge in [0.2, 0.25) is 0 Å². The molecule has 31 heavy (non-hydrogen) atoms. The number of rotatable bonds is 6. The summed E-state index contributed by atoms with van der Waals surface area (Å²) in [5.74, 6) is 1.63. The Morgan fingerprint density at radius 1 is 1.16 bits per heavy atom. The van der Waals surface area contributed by atoms with Crippen LogP contribution in [0.5, 0.6) is 0 Å². The van der Waals surface area contributed by atoms with Crippen molar-refractivity contribution < 1.29 is 9.53 Å². The minimum atomic E-state index is -0.442. The number of benzene rings is 2. The summed E-state index contributed by atoms with van der Waals surface area (Å²) in [4.78, 5) is 12.5. The molecule has 1 atom stereocenters. The van der Waals surface area contributed by atoms with Crippen molar-refractivity contribution in [3.05, 3.63) is 71.5 Å². The first-order valence-corrected chi connectivity index (χ1v) is 11.4. The van der Waals surface area contributed by atoms with E-state index in [9.17, 15) is 4.79 Å². The molecule has 1 aromatic heterocycles. The Labute approximate surface area is 187 Å². The third-order valence-corrected chi connectivity index (χ3v) is 7.01. The number of thiol groups is 1. The second-order valence-corrected chi connectivity index (χ2v) is 8.85. The van der Waals surface area contributed by atoms with Crippen LogP contribution in [-0.2, 0) is 4.74 Å². The normalized spacial score (nSPS) is 20.5. The number of aromatic nitrogens is 3. The molecule has 1 N–H and O–H groups in total. The fourth-order valence-electron chi connectivity index (χ4n) is 4.62. The van der Waals surface area contributed by atoms with Crippen molar-refractivity contribution in [2.75, 3.05) is 12.4 Å². The number of hydrogen-bond donors (Lipinski definition) is 2. The maximum Gasteiger partial charge on any atom is 0.407 e. The van der Waals surface area contributed by atoms with Crippen LogP contribution in [-0.4, -0.2) is 33.4 Å². The zero-order valence-electron chi connectivity index (χ0n) is 17.4. The molecule has 1 amide bonds. The Hall–Kier alpha value is -2.80. The molecule has 0 bridgehead atoms. The molecule has 7 heteroatoms. The molecule has 1 unspecified atom stereocenters. The predicted octanol–water partition coefficient (Wildman–Crippen LogP) is 4.76. The second kappa shape index (κ2) is 8.38. The third kappa shape index (κ3) is 3.82. The molecule has 0 saturated heterocycles. The maximum absolute atomic E-state index is 12.5. The molecule has 2 aliphatic carbocycles. The number of amides is 1. The average molecular weight is 435 g/mol. The van der Waals surface area contributed by atoms with Crippen molar-refractivity contribution in [3.63, 3.8) is 0 Å². The summed E-state index contributed by atoms with van der Waals surface area (Å²) in [5, 5.41) is 11.4. The average Bonchev–Trinajstić information content (AvgIpc) is 3.35. The topological polar surface area (TPSA) is 69.0 Å². The lowest BCUT2D eigenvalue weighted by Crippen LogP contribution is -2.29. The summed E-state index contributed by atoms with van der Waals surface area (Å²) >= 11 is 4.35. The van der Waals surface area contributed by atoms with E-state index in [2.05, 4.69) is 52.5 Å². The standard InChI is InChI=1S/C24H26N4O2S/c1-15(23-12-28(27-26-23)17-10-16(11-17)14-31)25-24(29)30-13-22-20-8-4-2-6-18(20)19-7-3-5-9-21(19)22/h2-9,12,15-17,22,31H,10-11,13-14H2,1H3,(H,25,29). The Morgan fingerprint density at radius 2 is 1.81 bits per heavy atom. The second-order valence-electron chi connectivity index (χ2n) is 8.49. The van der Waals surface area contributed by atoms with Crippen molar-refractivity contribution in [1.82, 2.24) is 20.3 Å². The van der Waals surface area contributed by atoms with E-state index in [0.29, 0.717) is 18.6 Å². The molecule has 1 fully saturated rings. The molecule has 0 radical (unpaired) electrons. The number of fused-ring (bicyclic) bond motifs is 3. The molecular weight excluding hydrogens is 408 g/mol. The van der Waals surface area contributed by atoms with Crippen molar-refractivity contribution in [1.29, 1.82) is 0 Å². The smallest absolute Gasteiger partial charge is 0.407 e. The van der Waals surface area contributed by atoms with Gasteiger partial charge in [-0.15, -0.1) is 5.10 Å². The maximum atomic E-state index is 12.5. The van der Waals surface area contributed by atoms with Gasteiger partial charge in [-0.3, -0.25) is 0 Å². The quantitative estimate of drug-likeness (QED) is 0.549. The van der Waals surface area contributed by atoms with Crippen LogP contribution in [0.3, 0.4) is 0 Å². The van der Waals surface area contributed by atoms with Gasteiger partial charge in [-0.2, -0.15) is 12.6 Å². The lowest BCUT2D eigenvalue weighted by atomic mass is 9.82. The minimum Gasteiger partial charge on any atom is -0.449 e. The molecule has 5 rings (SSSR count). The van der Waals surface area contributed by atoms with Gasteiger partial charge < -0.3 is 10.1 Å². The summed E-state index contributed by atoms with van der Waals surface area (Å²) in [6.45, 7) is 2.19. The van der Waals surface area contributed by atoms with E-state index >= 15 is 0 Å². The van der Waals surface area contributed by atoms with Crippen molar-refractivity contribution in [2.24, 2.45) is 5.92 Å². The highest BCUT2D eigenvalue weighted by atomic mass is 32.1. The van der Waals surface area contributed by atoms with Gasteiger partial charge in [-0.1, -0.05) is 53.7 Å². The lowest BCUT2D eigenvalue weighted by molar-refractivity contribution is 0.139. The number of nitrogens with one attached hydrogen (secondary N) is 1. The summed E-state index contributed by atoms with van der Waals surface area (Å²) < 4.78 is 7.54. The van der Waals surface area contributed by atoms with Crippen LogP contribution in [0, 0.1) is 5.92 Å². The monoisotopic (exact) mass is 434 g/mol. The molecule has 2 aliphatic rings. The van der Waals surface area contributed by atoms with Crippen LogP contribution in [0.2, 0.25) is 0 Å². The van der Waals surface area contributed by atoms with Gasteiger partial charge in [-0.25, -0.2) is 9.48 Å². The highest BCUT2D eigenvalue weighted by Crippen LogP contribution is 2.44. The number of ether oxygens (including phenoxy) is 1. The Balaban J connectivity index is 1.20. The van der Waals surface area contributed by atoms with Crippen LogP contribution in [0.1, 0.15) is 54.6 Å². The van der Waals surface area contributed by atoms with E-state index in [1.165, 1.54) is 22.3 Å². The van der Waals surface area contributed by atoms with E-state index in [1.54, 1.807) is 0 Å². The fraction of sp³-hybridized carbons (Fsp3) is 0.375. The fourth-order valence-corrected chi connectivity index (χ4v) is 4.92. The SMILES string of the molecule is CC(NC(=O)OCC1c2ccccc2-c2ccccc21)c1cn(C2CC(CS)C2)nn1. The van der Waals surface area contributed by atoms with Gasteiger partial charge in [0.05, 0.1) is 18.3 Å². The molecule has 6 nitrogen and oxygen atoms in total. The van der Waals surface area contributed by atoms with Gasteiger partial charge in [0, 0.05) is 5.92 Å². The summed E-state index contributed by atoms with van der Waals surface area (Å²) in [6.07, 6.45) is 3.65. The number of carbonyl (C=O) groups excluding carboxylic acids is 1. The van der Waals surface area contributed by atoms with Crippen molar-refractivity contribution in [2.45, 2.75) is 37.8 Å². The minimum absolute atomic E-state index is 0.0488. The van der Waals surface area contributed by atoms with E-state index in [4.69, 9.17) is 4.74 Å². The number of carbonyl (C=O) groups is 1. The number of hydrogen-bond acceptors (Lipinski definition) is 5. The molecule has 0 aliphatic heterocycles. The lowest BCUT2D eigenvalue weighted by Gasteiger charge is -2.33. The molecule has 0 spiro atoms. The summed E-state index contributed by atoms with van der Waals surface area (Å²) in [7, 11) is 0. The van der Waals surface area contributed by atoms with Gasteiger partial charge in [0.15, 0.2) is 0 Å². The predicted molar refractivity (Wildman–Crippen MR) is 122 cm³/mol. The molecule has 1 heterocycles. The Morgan fingerprint density at radius 3 is 2.45 bits per heavy atom. The first-order chi connectivity index (χ1) is 15.1. The van der Waals surface area contributed by atoms with Gasteiger partial charge in [0.25, 0.3) is 0 Å². The van der Waals surface area contributed by atoms with Gasteiger partial charge in [0.1, 0.15) is 12.3 Å². The molecule has 2 aromatic carbocycles.